The second-order valence-electron chi connectivity index (χ2n) is 5.25. The number of aromatic nitrogens is 1. The van der Waals surface area contributed by atoms with Gasteiger partial charge < -0.3 is 4.90 Å². The van der Waals surface area contributed by atoms with Crippen LogP contribution in [-0.4, -0.2) is 10.9 Å². The number of carbonyl (C=O) groups is 1. The number of anilines is 1. The van der Waals surface area contributed by atoms with Crippen molar-refractivity contribution < 1.29 is 4.79 Å². The van der Waals surface area contributed by atoms with Gasteiger partial charge in [0, 0.05) is 17.4 Å². The van der Waals surface area contributed by atoms with Gasteiger partial charge in [0.25, 0.3) is 5.91 Å². The molecule has 0 aliphatic carbocycles. The van der Waals surface area contributed by atoms with E-state index in [1.54, 1.807) is 11.0 Å². The Morgan fingerprint density at radius 1 is 1.00 bits per heavy atom. The Kier molecular flexibility index (Phi) is 4.64. The summed E-state index contributed by atoms with van der Waals surface area (Å²) in [6.45, 7) is 0.452. The van der Waals surface area contributed by atoms with Crippen LogP contribution in [0.2, 0.25) is 0 Å². The van der Waals surface area contributed by atoms with Crippen molar-refractivity contribution in [2.75, 3.05) is 4.90 Å². The third kappa shape index (κ3) is 3.47. The Hall–Kier alpha value is -3.45. The van der Waals surface area contributed by atoms with E-state index in [1.165, 1.54) is 12.3 Å². The highest BCUT2D eigenvalue weighted by atomic mass is 16.2. The molecule has 3 aromatic rings. The normalized spacial score (nSPS) is 9.96. The summed E-state index contributed by atoms with van der Waals surface area (Å²) in [6, 6.07) is 24.4. The maximum atomic E-state index is 13.0. The summed E-state index contributed by atoms with van der Waals surface area (Å²) in [5, 5.41) is 9.00. The van der Waals surface area contributed by atoms with Crippen LogP contribution >= 0.6 is 0 Å². The molecule has 0 saturated heterocycles. The van der Waals surface area contributed by atoms with Gasteiger partial charge in [0.05, 0.1) is 6.54 Å². The van der Waals surface area contributed by atoms with Crippen molar-refractivity contribution in [1.29, 1.82) is 5.26 Å². The van der Waals surface area contributed by atoms with Crippen molar-refractivity contribution in [2.45, 2.75) is 6.54 Å². The Balaban J connectivity index is 1.97. The summed E-state index contributed by atoms with van der Waals surface area (Å²) in [5.74, 6) is -0.163. The lowest BCUT2D eigenvalue weighted by atomic mass is 10.1. The highest BCUT2D eigenvalue weighted by Crippen LogP contribution is 2.20. The molecule has 24 heavy (non-hydrogen) atoms. The van der Waals surface area contributed by atoms with Crippen molar-refractivity contribution >= 4 is 11.6 Å². The molecule has 0 unspecified atom stereocenters. The van der Waals surface area contributed by atoms with E-state index < -0.39 is 0 Å². The third-order valence-corrected chi connectivity index (χ3v) is 3.62. The van der Waals surface area contributed by atoms with Gasteiger partial charge in [-0.25, -0.2) is 4.98 Å². The van der Waals surface area contributed by atoms with E-state index in [4.69, 9.17) is 5.26 Å². The lowest BCUT2D eigenvalue weighted by Crippen LogP contribution is -2.30. The quantitative estimate of drug-likeness (QED) is 0.736. The van der Waals surface area contributed by atoms with Gasteiger partial charge in [-0.2, -0.15) is 5.26 Å². The van der Waals surface area contributed by atoms with Crippen LogP contribution in [0.1, 0.15) is 21.6 Å². The summed E-state index contributed by atoms with van der Waals surface area (Å²) < 4.78 is 0. The predicted molar refractivity (Wildman–Crippen MR) is 92.3 cm³/mol. The van der Waals surface area contributed by atoms with Gasteiger partial charge in [0.2, 0.25) is 0 Å². The molecule has 0 aliphatic heterocycles. The SMILES string of the molecule is N#Cc1cc(C(=O)N(Cc2ccccc2)c2ccccc2)ccn1. The minimum atomic E-state index is -0.163. The maximum absolute atomic E-state index is 13.0. The number of pyridine rings is 1. The highest BCUT2D eigenvalue weighted by Gasteiger charge is 2.18. The third-order valence-electron chi connectivity index (χ3n) is 3.62. The van der Waals surface area contributed by atoms with Gasteiger partial charge in [-0.15, -0.1) is 0 Å². The van der Waals surface area contributed by atoms with Gasteiger partial charge in [-0.1, -0.05) is 48.5 Å². The molecule has 3 rings (SSSR count). The first-order chi connectivity index (χ1) is 11.8. The van der Waals surface area contributed by atoms with Gasteiger partial charge in [-0.3, -0.25) is 4.79 Å². The number of nitrogens with zero attached hydrogens (tertiary/aromatic N) is 3. The second-order valence-corrected chi connectivity index (χ2v) is 5.25. The number of amides is 1. The van der Waals surface area contributed by atoms with Crippen LogP contribution in [0.3, 0.4) is 0 Å². The standard InChI is InChI=1S/C20H15N3O/c21-14-18-13-17(11-12-22-18)20(24)23(19-9-5-2-6-10-19)15-16-7-3-1-4-8-16/h1-13H,15H2. The van der Waals surface area contributed by atoms with Gasteiger partial charge in [0.15, 0.2) is 0 Å². The minimum absolute atomic E-state index is 0.163. The van der Waals surface area contributed by atoms with Crippen LogP contribution in [0.25, 0.3) is 0 Å². The molecular formula is C20H15N3O. The number of para-hydroxylation sites is 1. The lowest BCUT2D eigenvalue weighted by molar-refractivity contribution is 0.0985. The molecule has 1 heterocycles. The van der Waals surface area contributed by atoms with Gasteiger partial charge >= 0.3 is 0 Å². The minimum Gasteiger partial charge on any atom is -0.304 e. The molecule has 2 aromatic carbocycles. The Labute approximate surface area is 140 Å². The van der Waals surface area contributed by atoms with Crippen LogP contribution < -0.4 is 4.90 Å². The molecule has 1 aromatic heterocycles. The number of carbonyl (C=O) groups excluding carboxylic acids is 1. The Morgan fingerprint density at radius 3 is 2.33 bits per heavy atom. The van der Waals surface area contributed by atoms with Crippen LogP contribution in [0.4, 0.5) is 5.69 Å². The maximum Gasteiger partial charge on any atom is 0.258 e. The molecule has 0 atom stereocenters. The van der Waals surface area contributed by atoms with Crippen LogP contribution in [-0.2, 0) is 6.54 Å². The second kappa shape index (κ2) is 7.21. The number of benzene rings is 2. The van der Waals surface area contributed by atoms with Crippen molar-refractivity contribution in [3.63, 3.8) is 0 Å². The monoisotopic (exact) mass is 313 g/mol. The molecule has 0 bridgehead atoms. The zero-order chi connectivity index (χ0) is 16.8. The molecule has 1 amide bonds. The van der Waals surface area contributed by atoms with E-state index in [-0.39, 0.29) is 11.6 Å². The van der Waals surface area contributed by atoms with Crippen molar-refractivity contribution in [1.82, 2.24) is 4.98 Å². The van der Waals surface area contributed by atoms with E-state index in [9.17, 15) is 4.79 Å². The first kappa shape index (κ1) is 15.4. The molecule has 0 spiro atoms. The van der Waals surface area contributed by atoms with Crippen LogP contribution in [0, 0.1) is 11.3 Å². The van der Waals surface area contributed by atoms with Gasteiger partial charge in [-0.05, 0) is 29.8 Å². The van der Waals surface area contributed by atoms with Crippen LogP contribution in [0.15, 0.2) is 79.0 Å². The summed E-state index contributed by atoms with van der Waals surface area (Å²) in [5.41, 5.74) is 2.51. The molecular weight excluding hydrogens is 298 g/mol. The molecule has 116 valence electrons. The smallest absolute Gasteiger partial charge is 0.258 e. The first-order valence-electron chi connectivity index (χ1n) is 7.55. The van der Waals surface area contributed by atoms with E-state index in [0.717, 1.165) is 11.3 Å². The van der Waals surface area contributed by atoms with E-state index in [2.05, 4.69) is 4.98 Å². The number of nitriles is 1. The molecule has 0 radical (unpaired) electrons. The number of hydrogen-bond acceptors (Lipinski definition) is 3. The molecule has 4 heteroatoms. The average Bonchev–Trinajstić information content (AvgIpc) is 2.67. The molecule has 4 nitrogen and oxygen atoms in total. The van der Waals surface area contributed by atoms with Crippen molar-refractivity contribution in [2.24, 2.45) is 0 Å². The largest absolute Gasteiger partial charge is 0.304 e. The number of rotatable bonds is 4. The fourth-order valence-corrected chi connectivity index (χ4v) is 2.43. The summed E-state index contributed by atoms with van der Waals surface area (Å²) >= 11 is 0. The van der Waals surface area contributed by atoms with E-state index in [1.807, 2.05) is 66.7 Å². The molecule has 0 aliphatic rings. The fourth-order valence-electron chi connectivity index (χ4n) is 2.43. The zero-order valence-corrected chi connectivity index (χ0v) is 13.0. The van der Waals surface area contributed by atoms with E-state index in [0.29, 0.717) is 12.1 Å². The average molecular weight is 313 g/mol. The molecule has 0 fully saturated rings. The molecule has 0 saturated carbocycles. The summed E-state index contributed by atoms with van der Waals surface area (Å²) in [4.78, 5) is 18.6. The Bertz CT molecular complexity index is 870. The van der Waals surface area contributed by atoms with Crippen molar-refractivity contribution in [3.8, 4) is 6.07 Å². The first-order valence-corrected chi connectivity index (χ1v) is 7.55. The topological polar surface area (TPSA) is 57.0 Å². The number of hydrogen-bond donors (Lipinski definition) is 0. The lowest BCUT2D eigenvalue weighted by Gasteiger charge is -2.23. The predicted octanol–water partition coefficient (Wildman–Crippen LogP) is 3.80. The Morgan fingerprint density at radius 2 is 1.67 bits per heavy atom. The highest BCUT2D eigenvalue weighted by molar-refractivity contribution is 6.06. The van der Waals surface area contributed by atoms with Gasteiger partial charge in [0.1, 0.15) is 11.8 Å². The van der Waals surface area contributed by atoms with Crippen molar-refractivity contribution in [3.05, 3.63) is 95.8 Å². The van der Waals surface area contributed by atoms with E-state index >= 15 is 0 Å². The summed E-state index contributed by atoms with van der Waals surface area (Å²) in [7, 11) is 0. The summed E-state index contributed by atoms with van der Waals surface area (Å²) in [6.07, 6.45) is 1.48. The van der Waals surface area contributed by atoms with Crippen LogP contribution in [0.5, 0.6) is 0 Å². The fraction of sp³-hybridized carbons (Fsp3) is 0.0500. The zero-order valence-electron chi connectivity index (χ0n) is 13.0. The molecule has 0 N–H and O–H groups in total.